The van der Waals surface area contributed by atoms with Gasteiger partial charge >= 0.3 is 7.82 Å². The Morgan fingerprint density at radius 1 is 0.881 bits per heavy atom. The van der Waals surface area contributed by atoms with E-state index in [9.17, 15) is 14.7 Å². The number of phosphoric acid groups is 1. The van der Waals surface area contributed by atoms with E-state index in [4.69, 9.17) is 43.7 Å². The number of aromatic nitrogens is 4. The van der Waals surface area contributed by atoms with Crippen molar-refractivity contribution in [2.75, 3.05) is 32.2 Å². The molecule has 5 rings (SSSR count). The second-order valence-electron chi connectivity index (χ2n) is 15.9. The molecular weight excluding hydrogens is 777 g/mol. The first-order valence-electron chi connectivity index (χ1n) is 21.2. The smallest absolute Gasteiger partial charge is 0.469 e. The van der Waals surface area contributed by atoms with Crippen molar-refractivity contribution in [2.24, 2.45) is 0 Å². The third-order valence-corrected chi connectivity index (χ3v) is 11.6. The Hall–Kier alpha value is -3.70. The van der Waals surface area contributed by atoms with Crippen LogP contribution in [-0.2, 0) is 32.6 Å². The topological polar surface area (TPSA) is 219 Å². The summed E-state index contributed by atoms with van der Waals surface area (Å²) >= 11 is 0. The number of unbranched alkanes of at least 4 members (excludes halogenated alkanes) is 15. The highest BCUT2D eigenvalue weighted by Gasteiger charge is 2.65. The van der Waals surface area contributed by atoms with Gasteiger partial charge in [0, 0.05) is 18.9 Å². The maximum absolute atomic E-state index is 13.3. The van der Waals surface area contributed by atoms with Crippen molar-refractivity contribution in [3.63, 3.8) is 0 Å². The van der Waals surface area contributed by atoms with Gasteiger partial charge in [-0.15, -0.1) is 0 Å². The van der Waals surface area contributed by atoms with E-state index in [0.29, 0.717) is 23.4 Å². The van der Waals surface area contributed by atoms with Crippen LogP contribution < -0.4 is 10.5 Å². The number of hydrogen-bond donors (Lipinski definition) is 2. The van der Waals surface area contributed by atoms with Gasteiger partial charge < -0.3 is 34.3 Å². The highest BCUT2D eigenvalue weighted by molar-refractivity contribution is 7.47. The number of nitrogens with zero attached hydrogens (tertiary/aromatic N) is 6. The molecule has 2 aliphatic rings. The molecule has 2 aliphatic heterocycles. The summed E-state index contributed by atoms with van der Waals surface area (Å²) in [6, 6.07) is 10.6. The van der Waals surface area contributed by atoms with Gasteiger partial charge in [0.2, 0.25) is 11.5 Å². The van der Waals surface area contributed by atoms with E-state index in [1.807, 2.05) is 6.07 Å². The van der Waals surface area contributed by atoms with Crippen molar-refractivity contribution in [1.82, 2.24) is 19.6 Å². The molecule has 0 bridgehead atoms. The van der Waals surface area contributed by atoms with Crippen LogP contribution in [0.25, 0.3) is 5.52 Å². The summed E-state index contributed by atoms with van der Waals surface area (Å²) in [4.78, 5) is 19.0. The average molecular weight is 840 g/mol. The monoisotopic (exact) mass is 839 g/mol. The molecule has 0 radical (unpaired) electrons. The van der Waals surface area contributed by atoms with Gasteiger partial charge in [-0.1, -0.05) is 103 Å². The molecule has 324 valence electrons. The zero-order chi connectivity index (χ0) is 42.1. The molecule has 5 heterocycles. The number of nitrogen functional groups attached to an aromatic ring is 1. The predicted molar refractivity (Wildman–Crippen MR) is 219 cm³/mol. The molecule has 1 unspecified atom stereocenters. The lowest BCUT2D eigenvalue weighted by atomic mass is 9.96. The van der Waals surface area contributed by atoms with E-state index in [0.717, 1.165) is 19.3 Å². The Balaban J connectivity index is 1.07. The summed E-state index contributed by atoms with van der Waals surface area (Å²) in [5.74, 6) is -0.667. The zero-order valence-corrected chi connectivity index (χ0v) is 35.7. The lowest BCUT2D eigenvalue weighted by Crippen LogP contribution is -2.45. The van der Waals surface area contributed by atoms with E-state index in [1.54, 1.807) is 36.6 Å². The summed E-state index contributed by atoms with van der Waals surface area (Å²) in [5, 5.41) is 23.9. The molecule has 3 N–H and O–H groups in total. The first kappa shape index (κ1) is 46.4. The van der Waals surface area contributed by atoms with Crippen LogP contribution in [0.1, 0.15) is 141 Å². The molecule has 6 atom stereocenters. The maximum atomic E-state index is 13.3. The Labute approximate surface area is 348 Å². The second kappa shape index (κ2) is 22.8. The van der Waals surface area contributed by atoms with Crippen LogP contribution in [-0.4, -0.2) is 80.6 Å². The van der Waals surface area contributed by atoms with Crippen molar-refractivity contribution in [3.05, 3.63) is 48.0 Å². The number of ether oxygens (including phenoxy) is 5. The van der Waals surface area contributed by atoms with Crippen LogP contribution in [0.2, 0.25) is 0 Å². The summed E-state index contributed by atoms with van der Waals surface area (Å²) in [7, 11) is -4.81. The van der Waals surface area contributed by atoms with Crippen LogP contribution >= 0.6 is 7.82 Å². The normalized spacial score (nSPS) is 22.4. The van der Waals surface area contributed by atoms with Crippen molar-refractivity contribution in [3.8, 4) is 18.0 Å². The minimum atomic E-state index is -4.81. The molecule has 0 aromatic carbocycles. The summed E-state index contributed by atoms with van der Waals surface area (Å²) in [5.41, 5.74) is 5.57. The van der Waals surface area contributed by atoms with E-state index in [-0.39, 0.29) is 18.3 Å². The van der Waals surface area contributed by atoms with Crippen LogP contribution in [0, 0.1) is 22.7 Å². The van der Waals surface area contributed by atoms with Crippen molar-refractivity contribution < 1.29 is 42.2 Å². The number of nitrogens with two attached hydrogens (primary N) is 1. The van der Waals surface area contributed by atoms with E-state index >= 15 is 0 Å². The zero-order valence-electron chi connectivity index (χ0n) is 34.8. The number of pyridine rings is 1. The number of anilines is 1. The Kier molecular flexibility index (Phi) is 17.9. The number of fused-ring (bicyclic) bond motifs is 2. The van der Waals surface area contributed by atoms with Crippen molar-refractivity contribution in [2.45, 2.75) is 159 Å². The van der Waals surface area contributed by atoms with Gasteiger partial charge in [0.1, 0.15) is 55.0 Å². The number of phosphoric ester groups is 1. The van der Waals surface area contributed by atoms with Crippen LogP contribution in [0.5, 0.6) is 5.88 Å². The molecule has 17 heteroatoms. The number of hydrogen-bond acceptors (Lipinski definition) is 14. The molecule has 0 saturated carbocycles. The fraction of sp³-hybridized carbons (Fsp3) is 0.690. The summed E-state index contributed by atoms with van der Waals surface area (Å²) in [6.45, 7) is 5.08. The fourth-order valence-corrected chi connectivity index (χ4v) is 8.33. The van der Waals surface area contributed by atoms with E-state index in [2.05, 4.69) is 28.1 Å². The molecular formula is C42H62N7O9P. The predicted octanol–water partition coefficient (Wildman–Crippen LogP) is 8.29. The largest absolute Gasteiger partial charge is 0.472 e. The minimum absolute atomic E-state index is 0.0384. The van der Waals surface area contributed by atoms with Gasteiger partial charge in [0.25, 0.3) is 0 Å². The lowest BCUT2D eigenvalue weighted by molar-refractivity contribution is -0.204. The van der Waals surface area contributed by atoms with Crippen LogP contribution in [0.15, 0.2) is 36.8 Å². The summed E-state index contributed by atoms with van der Waals surface area (Å²) in [6.07, 6.45) is 19.5. The van der Waals surface area contributed by atoms with Crippen LogP contribution in [0.4, 0.5) is 5.82 Å². The van der Waals surface area contributed by atoms with Crippen molar-refractivity contribution >= 4 is 19.2 Å². The molecule has 59 heavy (non-hydrogen) atoms. The number of rotatable bonds is 28. The standard InChI is InChI=1S/C42H62N7O9P/c1-4-5-6-7-8-9-10-11-12-13-14-15-16-17-18-19-24-52-27-33(55-36-23-20-32(25-43)26-46-36)28-53-59(50,51)54-30-42(29-44)39-38(56-41(2,3)58-39)37(57-42)34-21-22-35-40(45)47-31-48-49(34)35/h20-23,26,31,33,37-39H,4-19,24,27-28,30H2,1-3H3,(H,50,51)(H2,45,47,48)/t33-,37-,38-,39-,42+/m0/s1. The average Bonchev–Trinajstić information content (AvgIpc) is 3.89. The lowest BCUT2D eigenvalue weighted by Gasteiger charge is -2.29. The molecule has 3 aromatic heterocycles. The Morgan fingerprint density at radius 2 is 1.54 bits per heavy atom. The van der Waals surface area contributed by atoms with E-state index < -0.39 is 56.8 Å². The molecule has 0 amide bonds. The third-order valence-electron chi connectivity index (χ3n) is 10.7. The second-order valence-corrected chi connectivity index (χ2v) is 17.4. The Bertz CT molecular complexity index is 1870. The molecule has 0 spiro atoms. The van der Waals surface area contributed by atoms with Gasteiger partial charge in [0.05, 0.1) is 24.5 Å². The molecule has 3 aromatic rings. The highest BCUT2D eigenvalue weighted by atomic mass is 31.2. The Morgan fingerprint density at radius 3 is 2.15 bits per heavy atom. The van der Waals surface area contributed by atoms with Gasteiger partial charge in [-0.25, -0.2) is 19.0 Å². The van der Waals surface area contributed by atoms with Crippen molar-refractivity contribution in [1.29, 1.82) is 10.5 Å². The fourth-order valence-electron chi connectivity index (χ4n) is 7.55. The van der Waals surface area contributed by atoms with E-state index in [1.165, 1.54) is 102 Å². The first-order valence-corrected chi connectivity index (χ1v) is 22.7. The van der Waals surface area contributed by atoms with Gasteiger partial charge in [0.15, 0.2) is 11.6 Å². The third kappa shape index (κ3) is 13.7. The molecule has 2 fully saturated rings. The number of nitriles is 2. The summed E-state index contributed by atoms with van der Waals surface area (Å²) < 4.78 is 56.2. The first-order chi connectivity index (χ1) is 28.5. The van der Waals surface area contributed by atoms with Gasteiger partial charge in [-0.2, -0.15) is 15.6 Å². The highest BCUT2D eigenvalue weighted by Crippen LogP contribution is 2.52. The maximum Gasteiger partial charge on any atom is 0.472 e. The van der Waals surface area contributed by atoms with Gasteiger partial charge in [-0.05, 0) is 38.5 Å². The SMILES string of the molecule is CCCCCCCCCCCCCCCCCCOC[C@@H](COP(=O)(O)OC[C@@]1(C#N)O[C@@H](c2ccc3c(N)ncnn23)[C@@H]2OC(C)(C)O[C@@H]21)Oc1ccc(C#N)cn1. The molecule has 16 nitrogen and oxygen atoms in total. The van der Waals surface area contributed by atoms with Crippen LogP contribution in [0.3, 0.4) is 0 Å². The quantitative estimate of drug-likeness (QED) is 0.0519. The van der Waals surface area contributed by atoms with Gasteiger partial charge in [-0.3, -0.25) is 9.05 Å². The minimum Gasteiger partial charge on any atom is -0.469 e. The molecule has 2 saturated heterocycles. The molecule has 0 aliphatic carbocycles.